The number of alkyl halides is 3. The van der Waals surface area contributed by atoms with Gasteiger partial charge < -0.3 is 4.57 Å². The topological polar surface area (TPSA) is 45.8 Å². The number of hydrogen-bond donors (Lipinski definition) is 0. The van der Waals surface area contributed by atoms with Crippen LogP contribution in [-0.2, 0) is 12.7 Å². The first-order valence-electron chi connectivity index (χ1n) is 5.01. The van der Waals surface area contributed by atoms with Gasteiger partial charge in [-0.1, -0.05) is 6.07 Å². The molecule has 6 heteroatoms. The first-order valence-corrected chi connectivity index (χ1v) is 5.01. The minimum absolute atomic E-state index is 0.0393. The van der Waals surface area contributed by atoms with Crippen LogP contribution in [0.1, 0.15) is 5.56 Å². The number of para-hydroxylation sites is 1. The Morgan fingerprint density at radius 2 is 2.00 bits per heavy atom. The maximum Gasteiger partial charge on any atom is 0.418 e. The standard InChI is InChI=1S/C12H7F3N2O/c13-12(14,15)9-3-1-2-8-10(18)4-6-17(7-5-16)11(8)9/h1-4,6H,7H2. The number of benzene rings is 1. The number of aromatic nitrogens is 1. The van der Waals surface area contributed by atoms with Gasteiger partial charge >= 0.3 is 6.18 Å². The average Bonchev–Trinajstić information content (AvgIpc) is 2.31. The molecule has 0 saturated heterocycles. The van der Waals surface area contributed by atoms with Crippen molar-refractivity contribution >= 4 is 10.9 Å². The molecule has 18 heavy (non-hydrogen) atoms. The lowest BCUT2D eigenvalue weighted by Gasteiger charge is -2.13. The van der Waals surface area contributed by atoms with E-state index < -0.39 is 17.2 Å². The molecular formula is C12H7F3N2O. The fraction of sp³-hybridized carbons (Fsp3) is 0.167. The summed E-state index contributed by atoms with van der Waals surface area (Å²) < 4.78 is 39.7. The molecule has 0 atom stereocenters. The summed E-state index contributed by atoms with van der Waals surface area (Å²) in [6.07, 6.45) is -3.37. The minimum Gasteiger partial charge on any atom is -0.333 e. The van der Waals surface area contributed by atoms with E-state index in [-0.39, 0.29) is 17.4 Å². The van der Waals surface area contributed by atoms with Crippen LogP contribution in [0.5, 0.6) is 0 Å². The van der Waals surface area contributed by atoms with Gasteiger partial charge in [-0.3, -0.25) is 4.79 Å². The third-order valence-electron chi connectivity index (χ3n) is 2.54. The number of nitriles is 1. The molecule has 92 valence electrons. The number of rotatable bonds is 1. The SMILES string of the molecule is N#CCn1ccc(=O)c2cccc(C(F)(F)F)c21. The quantitative estimate of drug-likeness (QED) is 0.782. The predicted molar refractivity (Wildman–Crippen MR) is 58.8 cm³/mol. The molecule has 0 aliphatic rings. The molecule has 1 aromatic heterocycles. The highest BCUT2D eigenvalue weighted by Gasteiger charge is 2.33. The molecule has 0 fully saturated rings. The smallest absolute Gasteiger partial charge is 0.333 e. The van der Waals surface area contributed by atoms with Crippen molar-refractivity contribution in [1.29, 1.82) is 5.26 Å². The van der Waals surface area contributed by atoms with Crippen molar-refractivity contribution < 1.29 is 13.2 Å². The molecule has 0 bridgehead atoms. The Morgan fingerprint density at radius 1 is 1.28 bits per heavy atom. The Hall–Kier alpha value is -2.29. The fourth-order valence-corrected chi connectivity index (χ4v) is 1.81. The molecule has 0 amide bonds. The van der Waals surface area contributed by atoms with Crippen molar-refractivity contribution in [3.63, 3.8) is 0 Å². The van der Waals surface area contributed by atoms with Crippen molar-refractivity contribution in [3.05, 3.63) is 46.2 Å². The lowest BCUT2D eigenvalue weighted by Crippen LogP contribution is -2.14. The number of fused-ring (bicyclic) bond motifs is 1. The summed E-state index contributed by atoms with van der Waals surface area (Å²) in [7, 11) is 0. The molecule has 1 aromatic carbocycles. The highest BCUT2D eigenvalue weighted by Crippen LogP contribution is 2.33. The van der Waals surface area contributed by atoms with Crippen LogP contribution in [0, 0.1) is 11.3 Å². The third kappa shape index (κ3) is 1.95. The lowest BCUT2D eigenvalue weighted by atomic mass is 10.1. The van der Waals surface area contributed by atoms with Crippen LogP contribution >= 0.6 is 0 Å². The number of pyridine rings is 1. The second-order valence-electron chi connectivity index (χ2n) is 3.67. The zero-order valence-corrected chi connectivity index (χ0v) is 9.03. The molecule has 0 radical (unpaired) electrons. The molecule has 0 aliphatic heterocycles. The lowest BCUT2D eigenvalue weighted by molar-refractivity contribution is -0.136. The molecule has 0 spiro atoms. The summed E-state index contributed by atoms with van der Waals surface area (Å²) in [5.74, 6) is 0. The third-order valence-corrected chi connectivity index (χ3v) is 2.54. The molecule has 0 aliphatic carbocycles. The van der Waals surface area contributed by atoms with Gasteiger partial charge in [0.2, 0.25) is 0 Å². The van der Waals surface area contributed by atoms with E-state index in [1.165, 1.54) is 18.3 Å². The van der Waals surface area contributed by atoms with Crippen LogP contribution in [-0.4, -0.2) is 4.57 Å². The Kier molecular flexibility index (Phi) is 2.83. The van der Waals surface area contributed by atoms with Crippen molar-refractivity contribution in [1.82, 2.24) is 4.57 Å². The maximum atomic E-state index is 12.9. The molecular weight excluding hydrogens is 245 g/mol. The summed E-state index contributed by atoms with van der Waals surface area (Å²) in [5, 5.41) is 8.57. The van der Waals surface area contributed by atoms with Crippen LogP contribution in [0.15, 0.2) is 35.3 Å². The molecule has 0 unspecified atom stereocenters. The van der Waals surface area contributed by atoms with E-state index in [4.69, 9.17) is 5.26 Å². The Labute approximate surface area is 99.7 Å². The van der Waals surface area contributed by atoms with Gasteiger partial charge in [-0.05, 0) is 12.1 Å². The average molecular weight is 252 g/mol. The van der Waals surface area contributed by atoms with Crippen LogP contribution in [0.2, 0.25) is 0 Å². The van der Waals surface area contributed by atoms with E-state index in [1.54, 1.807) is 6.07 Å². The second kappa shape index (κ2) is 4.18. The van der Waals surface area contributed by atoms with Crippen LogP contribution < -0.4 is 5.43 Å². The van der Waals surface area contributed by atoms with Gasteiger partial charge in [0.15, 0.2) is 5.43 Å². The molecule has 0 N–H and O–H groups in total. The largest absolute Gasteiger partial charge is 0.418 e. The highest BCUT2D eigenvalue weighted by atomic mass is 19.4. The highest BCUT2D eigenvalue weighted by molar-refractivity contribution is 5.82. The summed E-state index contributed by atoms with van der Waals surface area (Å²) >= 11 is 0. The molecule has 1 heterocycles. The number of nitrogens with zero attached hydrogens (tertiary/aromatic N) is 2. The summed E-state index contributed by atoms with van der Waals surface area (Å²) in [6.45, 7) is -0.246. The Balaban J connectivity index is 2.93. The normalized spacial score (nSPS) is 11.4. The van der Waals surface area contributed by atoms with E-state index in [9.17, 15) is 18.0 Å². The zero-order chi connectivity index (χ0) is 13.3. The molecule has 2 rings (SSSR count). The van der Waals surface area contributed by atoms with Gasteiger partial charge in [0.25, 0.3) is 0 Å². The Morgan fingerprint density at radius 3 is 2.61 bits per heavy atom. The summed E-state index contributed by atoms with van der Waals surface area (Å²) in [6, 6.07) is 6.32. The monoisotopic (exact) mass is 252 g/mol. The van der Waals surface area contributed by atoms with Gasteiger partial charge in [0.1, 0.15) is 6.54 Å². The van der Waals surface area contributed by atoms with Crippen molar-refractivity contribution in [2.45, 2.75) is 12.7 Å². The minimum atomic E-state index is -4.56. The van der Waals surface area contributed by atoms with Crippen LogP contribution in [0.25, 0.3) is 10.9 Å². The van der Waals surface area contributed by atoms with E-state index in [1.807, 2.05) is 0 Å². The summed E-state index contributed by atoms with van der Waals surface area (Å²) in [4.78, 5) is 11.6. The van der Waals surface area contributed by atoms with Gasteiger partial charge in [-0.2, -0.15) is 18.4 Å². The van der Waals surface area contributed by atoms with E-state index >= 15 is 0 Å². The van der Waals surface area contributed by atoms with Gasteiger partial charge in [-0.15, -0.1) is 0 Å². The van der Waals surface area contributed by atoms with Crippen molar-refractivity contribution in [3.8, 4) is 6.07 Å². The molecule has 2 aromatic rings. The second-order valence-corrected chi connectivity index (χ2v) is 3.67. The van der Waals surface area contributed by atoms with E-state index in [0.717, 1.165) is 16.7 Å². The first kappa shape index (κ1) is 12.2. The van der Waals surface area contributed by atoms with Crippen molar-refractivity contribution in [2.75, 3.05) is 0 Å². The summed E-state index contributed by atoms with van der Waals surface area (Å²) in [5.41, 5.74) is -1.66. The fourth-order valence-electron chi connectivity index (χ4n) is 1.81. The van der Waals surface area contributed by atoms with Gasteiger partial charge in [-0.25, -0.2) is 0 Å². The number of halogens is 3. The van der Waals surface area contributed by atoms with E-state index in [2.05, 4.69) is 0 Å². The number of hydrogen-bond acceptors (Lipinski definition) is 2. The maximum absolute atomic E-state index is 12.9. The molecule has 0 saturated carbocycles. The predicted octanol–water partition coefficient (Wildman–Crippen LogP) is 2.54. The van der Waals surface area contributed by atoms with Gasteiger partial charge in [0, 0.05) is 17.6 Å². The van der Waals surface area contributed by atoms with E-state index in [0.29, 0.717) is 0 Å². The molecule has 3 nitrogen and oxygen atoms in total. The van der Waals surface area contributed by atoms with Crippen molar-refractivity contribution in [2.24, 2.45) is 0 Å². The van der Waals surface area contributed by atoms with Crippen LogP contribution in [0.3, 0.4) is 0 Å². The van der Waals surface area contributed by atoms with Crippen LogP contribution in [0.4, 0.5) is 13.2 Å². The zero-order valence-electron chi connectivity index (χ0n) is 9.03. The Bertz CT molecular complexity index is 695. The van der Waals surface area contributed by atoms with Gasteiger partial charge in [0.05, 0.1) is 17.1 Å². The first-order chi connectivity index (χ1) is 8.45.